The van der Waals surface area contributed by atoms with Crippen molar-refractivity contribution in [2.45, 2.75) is 5.41 Å². The molecule has 69 heavy (non-hydrogen) atoms. The minimum absolute atomic E-state index is 0.447. The van der Waals surface area contributed by atoms with Gasteiger partial charge in [0.15, 0.2) is 0 Å². The van der Waals surface area contributed by atoms with E-state index < -0.39 is 5.41 Å². The third-order valence-electron chi connectivity index (χ3n) is 15.2. The van der Waals surface area contributed by atoms with E-state index in [0.717, 1.165) is 55.0 Å². The van der Waals surface area contributed by atoms with Crippen LogP contribution in [0.25, 0.3) is 121 Å². The summed E-state index contributed by atoms with van der Waals surface area (Å²) in [6, 6.07) is 89.1. The normalized spacial score (nSPS) is 13.0. The summed E-state index contributed by atoms with van der Waals surface area (Å²) in [6.07, 6.45) is 0. The molecule has 0 amide bonds. The molecule has 1 aliphatic rings. The largest absolute Gasteiger partial charge is 0.456 e. The van der Waals surface area contributed by atoms with Crippen LogP contribution in [0.5, 0.6) is 0 Å². The number of para-hydroxylation sites is 1. The first-order valence-corrected chi connectivity index (χ1v) is 23.8. The van der Waals surface area contributed by atoms with Gasteiger partial charge >= 0.3 is 0 Å². The molecule has 0 radical (unpaired) electrons. The lowest BCUT2D eigenvalue weighted by Gasteiger charge is -2.34. The molecule has 0 bridgehead atoms. The second-order valence-corrected chi connectivity index (χ2v) is 18.7. The molecule has 0 saturated heterocycles. The summed E-state index contributed by atoms with van der Waals surface area (Å²) in [5.74, 6) is 0. The molecule has 1 aliphatic carbocycles. The molecule has 14 aromatic rings. The predicted molar refractivity (Wildman–Crippen MR) is 287 cm³/mol. The van der Waals surface area contributed by atoms with Gasteiger partial charge in [-0.15, -0.1) is 0 Å². The van der Waals surface area contributed by atoms with Crippen LogP contribution in [0, 0.1) is 0 Å². The lowest BCUT2D eigenvalue weighted by atomic mass is 9.67. The highest BCUT2D eigenvalue weighted by Gasteiger charge is 2.46. The maximum absolute atomic E-state index is 6.39. The van der Waals surface area contributed by atoms with Crippen molar-refractivity contribution < 1.29 is 8.83 Å². The van der Waals surface area contributed by atoms with Gasteiger partial charge in [-0.05, 0) is 142 Å². The summed E-state index contributed by atoms with van der Waals surface area (Å²) in [5.41, 5.74) is 18.0. The Hall–Kier alpha value is -8.98. The molecule has 0 spiro atoms. The molecule has 2 aromatic heterocycles. The second-order valence-electron chi connectivity index (χ2n) is 18.7. The van der Waals surface area contributed by atoms with Crippen LogP contribution in [0.2, 0.25) is 0 Å². The lowest BCUT2D eigenvalue weighted by Crippen LogP contribution is -2.28. The van der Waals surface area contributed by atoms with Crippen molar-refractivity contribution in [2.24, 2.45) is 0 Å². The van der Waals surface area contributed by atoms with Gasteiger partial charge in [-0.1, -0.05) is 200 Å². The van der Waals surface area contributed by atoms with Gasteiger partial charge in [0, 0.05) is 21.5 Å². The van der Waals surface area contributed by atoms with Crippen LogP contribution >= 0.6 is 0 Å². The molecule has 0 N–H and O–H groups in total. The molecule has 15 rings (SSSR count). The zero-order valence-corrected chi connectivity index (χ0v) is 37.4. The fraction of sp³-hybridized carbons (Fsp3) is 0.0149. The topological polar surface area (TPSA) is 26.3 Å². The Morgan fingerprint density at radius 2 is 0.667 bits per heavy atom. The zero-order valence-electron chi connectivity index (χ0n) is 37.4. The van der Waals surface area contributed by atoms with E-state index in [1.807, 2.05) is 18.2 Å². The summed E-state index contributed by atoms with van der Waals surface area (Å²) >= 11 is 0. The first-order chi connectivity index (χ1) is 34.2. The van der Waals surface area contributed by atoms with E-state index in [1.54, 1.807) is 0 Å². The number of benzene rings is 12. The molecule has 0 aliphatic heterocycles. The molecule has 0 atom stereocenters. The summed E-state index contributed by atoms with van der Waals surface area (Å²) in [7, 11) is 0. The molecule has 2 heterocycles. The Morgan fingerprint density at radius 3 is 1.33 bits per heavy atom. The Morgan fingerprint density at radius 1 is 0.232 bits per heavy atom. The van der Waals surface area contributed by atoms with Crippen molar-refractivity contribution in [2.75, 3.05) is 0 Å². The number of hydrogen-bond acceptors (Lipinski definition) is 2. The van der Waals surface area contributed by atoms with Crippen LogP contribution in [0.3, 0.4) is 0 Å². The third kappa shape index (κ3) is 5.49. The molecule has 0 saturated carbocycles. The van der Waals surface area contributed by atoms with Gasteiger partial charge in [-0.25, -0.2) is 0 Å². The molecule has 2 heteroatoms. The van der Waals surface area contributed by atoms with Crippen molar-refractivity contribution in [1.82, 2.24) is 0 Å². The Balaban J connectivity index is 0.825. The summed E-state index contributed by atoms with van der Waals surface area (Å²) < 4.78 is 12.6. The van der Waals surface area contributed by atoms with E-state index in [2.05, 4.69) is 224 Å². The molecule has 0 unspecified atom stereocenters. The highest BCUT2D eigenvalue weighted by molar-refractivity contribution is 6.26. The third-order valence-corrected chi connectivity index (χ3v) is 15.2. The maximum atomic E-state index is 6.39. The Labute approximate surface area is 397 Å². The monoisotopic (exact) mass is 876 g/mol. The first kappa shape index (κ1) is 38.2. The van der Waals surface area contributed by atoms with Gasteiger partial charge in [-0.3, -0.25) is 0 Å². The van der Waals surface area contributed by atoms with Crippen LogP contribution in [0.15, 0.2) is 251 Å². The van der Waals surface area contributed by atoms with Crippen LogP contribution in [0.4, 0.5) is 0 Å². The lowest BCUT2D eigenvalue weighted by molar-refractivity contribution is 0.664. The second kappa shape index (κ2) is 14.5. The molecule has 2 nitrogen and oxygen atoms in total. The number of fused-ring (bicyclic) bond motifs is 15. The first-order valence-electron chi connectivity index (χ1n) is 23.8. The minimum atomic E-state index is -0.447. The Kier molecular flexibility index (Phi) is 8.02. The summed E-state index contributed by atoms with van der Waals surface area (Å²) in [6.45, 7) is 0. The minimum Gasteiger partial charge on any atom is -0.456 e. The SMILES string of the molecule is c1ccc(C2(c3ccccc3)c3ccccc3-c3c(-c4ccc5c6ccc(-c7ccc(-c8ccc9oc%10cc%11c(cc%10c9c8)oc8ccccc8%11)cc7)cc6c6ccccc6c5c4)cccc32)cc1. The zero-order chi connectivity index (χ0) is 45.2. The molecule has 12 aromatic carbocycles. The van der Waals surface area contributed by atoms with Gasteiger partial charge in [0.25, 0.3) is 0 Å². The molecular formula is C67H40O2. The maximum Gasteiger partial charge on any atom is 0.136 e. The van der Waals surface area contributed by atoms with Gasteiger partial charge in [0.1, 0.15) is 22.3 Å². The van der Waals surface area contributed by atoms with Crippen molar-refractivity contribution in [3.05, 3.63) is 265 Å². The van der Waals surface area contributed by atoms with Crippen molar-refractivity contribution in [3.8, 4) is 44.5 Å². The van der Waals surface area contributed by atoms with E-state index in [-0.39, 0.29) is 0 Å². The summed E-state index contributed by atoms with van der Waals surface area (Å²) in [4.78, 5) is 0. The van der Waals surface area contributed by atoms with Gasteiger partial charge in [-0.2, -0.15) is 0 Å². The average molecular weight is 877 g/mol. The standard InChI is InChI=1S/C67H40O2/c1-3-14-46(15-4-1)67(47-16-5-2-6-17-47)60-23-11-9-21-54(60)66-48(22-13-24-61(66)67)45-31-34-52-51-33-30-43(36-55(51)49-18-7-8-19-50(49)56(52)38-45)41-26-28-42(29-27-41)44-32-35-63-57(37-44)59-40-64-58(39-65(59)69-63)53-20-10-12-25-62(53)68-64/h1-40H. The van der Waals surface area contributed by atoms with Crippen LogP contribution in [-0.2, 0) is 5.41 Å². The molecular weight excluding hydrogens is 837 g/mol. The molecule has 320 valence electrons. The van der Waals surface area contributed by atoms with Gasteiger partial charge in [0.05, 0.1) is 5.41 Å². The summed E-state index contributed by atoms with van der Waals surface area (Å²) in [5, 5.41) is 11.9. The van der Waals surface area contributed by atoms with E-state index >= 15 is 0 Å². The van der Waals surface area contributed by atoms with Crippen molar-refractivity contribution in [3.63, 3.8) is 0 Å². The quantitative estimate of drug-likeness (QED) is 0.161. The average Bonchev–Trinajstić information content (AvgIpc) is 4.08. The van der Waals surface area contributed by atoms with Crippen LogP contribution < -0.4 is 0 Å². The Bertz CT molecular complexity index is 4340. The van der Waals surface area contributed by atoms with Gasteiger partial charge < -0.3 is 8.83 Å². The van der Waals surface area contributed by atoms with Crippen LogP contribution in [-0.4, -0.2) is 0 Å². The number of furan rings is 2. The smallest absolute Gasteiger partial charge is 0.136 e. The highest BCUT2D eigenvalue weighted by Crippen LogP contribution is 2.58. The molecule has 0 fully saturated rings. The fourth-order valence-corrected chi connectivity index (χ4v) is 12.1. The van der Waals surface area contributed by atoms with E-state index in [9.17, 15) is 0 Å². The van der Waals surface area contributed by atoms with Crippen molar-refractivity contribution in [1.29, 1.82) is 0 Å². The van der Waals surface area contributed by atoms with E-state index in [1.165, 1.54) is 88.0 Å². The van der Waals surface area contributed by atoms with Crippen LogP contribution in [0.1, 0.15) is 22.3 Å². The predicted octanol–water partition coefficient (Wildman–Crippen LogP) is 18.3. The van der Waals surface area contributed by atoms with E-state index in [0.29, 0.717) is 0 Å². The highest BCUT2D eigenvalue weighted by atomic mass is 16.3. The number of hydrogen-bond donors (Lipinski definition) is 0. The van der Waals surface area contributed by atoms with E-state index in [4.69, 9.17) is 8.83 Å². The van der Waals surface area contributed by atoms with Gasteiger partial charge in [0.2, 0.25) is 0 Å². The van der Waals surface area contributed by atoms with Crippen molar-refractivity contribution >= 4 is 76.2 Å². The fourth-order valence-electron chi connectivity index (χ4n) is 12.1. The number of rotatable bonds is 5.